The summed E-state index contributed by atoms with van der Waals surface area (Å²) in [6.07, 6.45) is 7.17. The number of carbonyl (C=O) groups is 1. The smallest absolute Gasteiger partial charge is 0.244 e. The van der Waals surface area contributed by atoms with Crippen molar-refractivity contribution in [2.45, 2.75) is 53.5 Å². The molecule has 3 rings (SSSR count). The van der Waals surface area contributed by atoms with E-state index in [0.717, 1.165) is 48.9 Å². The lowest BCUT2D eigenvalue weighted by Crippen LogP contribution is -2.36. The number of likely N-dealkylation sites (tertiary alicyclic amines) is 1. The summed E-state index contributed by atoms with van der Waals surface area (Å²) in [4.78, 5) is 14.8. The fourth-order valence-corrected chi connectivity index (χ4v) is 4.19. The zero-order valence-corrected chi connectivity index (χ0v) is 18.9. The number of hydrogen-bond acceptors (Lipinski definition) is 3. The molecule has 0 radical (unpaired) electrons. The molecule has 2 heterocycles. The molecule has 2 aromatic rings. The Bertz CT molecular complexity index is 866. The molecule has 1 unspecified atom stereocenters. The molecule has 1 aliphatic heterocycles. The number of piperidine rings is 1. The molecule has 0 aliphatic carbocycles. The third-order valence-electron chi connectivity index (χ3n) is 5.98. The van der Waals surface area contributed by atoms with Crippen molar-refractivity contribution in [1.82, 2.24) is 20.0 Å². The van der Waals surface area contributed by atoms with Gasteiger partial charge in [-0.2, -0.15) is 5.10 Å². The maximum Gasteiger partial charge on any atom is 0.244 e. The number of nitrogens with one attached hydrogen (secondary N) is 1. The van der Waals surface area contributed by atoms with Crippen molar-refractivity contribution >= 4 is 12.0 Å². The molecule has 1 aliphatic rings. The van der Waals surface area contributed by atoms with E-state index in [1.54, 1.807) is 6.08 Å². The maximum atomic E-state index is 12.2. The first kappa shape index (κ1) is 22.3. The molecule has 1 fully saturated rings. The summed E-state index contributed by atoms with van der Waals surface area (Å²) in [5.41, 5.74) is 5.54. The largest absolute Gasteiger partial charge is 0.353 e. The minimum Gasteiger partial charge on any atom is -0.353 e. The highest BCUT2D eigenvalue weighted by molar-refractivity contribution is 5.91. The van der Waals surface area contributed by atoms with E-state index in [9.17, 15) is 4.79 Å². The van der Waals surface area contributed by atoms with Gasteiger partial charge in [0.15, 0.2) is 0 Å². The van der Waals surface area contributed by atoms with E-state index >= 15 is 0 Å². The molecular weight excluding hydrogens is 372 g/mol. The van der Waals surface area contributed by atoms with Gasteiger partial charge in [0.1, 0.15) is 0 Å². The van der Waals surface area contributed by atoms with Gasteiger partial charge in [-0.25, -0.2) is 0 Å². The first-order valence-electron chi connectivity index (χ1n) is 11.2. The van der Waals surface area contributed by atoms with Gasteiger partial charge < -0.3 is 10.2 Å². The van der Waals surface area contributed by atoms with Gasteiger partial charge in [-0.05, 0) is 70.7 Å². The number of aromatic nitrogens is 2. The summed E-state index contributed by atoms with van der Waals surface area (Å²) in [6, 6.07) is 8.52. The summed E-state index contributed by atoms with van der Waals surface area (Å²) < 4.78 is 2.01. The van der Waals surface area contributed by atoms with Crippen molar-refractivity contribution in [1.29, 1.82) is 0 Å². The molecule has 1 saturated heterocycles. The van der Waals surface area contributed by atoms with Gasteiger partial charge in [0.25, 0.3) is 0 Å². The molecule has 1 atom stereocenters. The minimum atomic E-state index is -0.0351. The second kappa shape index (κ2) is 10.6. The second-order valence-corrected chi connectivity index (χ2v) is 8.75. The van der Waals surface area contributed by atoms with Gasteiger partial charge in [0, 0.05) is 30.4 Å². The van der Waals surface area contributed by atoms with Crippen molar-refractivity contribution in [2.75, 3.05) is 26.2 Å². The van der Waals surface area contributed by atoms with E-state index in [0.29, 0.717) is 0 Å². The average Bonchev–Trinajstić information content (AvgIpc) is 2.98. The summed E-state index contributed by atoms with van der Waals surface area (Å²) in [7, 11) is 0. The Morgan fingerprint density at radius 2 is 2.00 bits per heavy atom. The fourth-order valence-electron chi connectivity index (χ4n) is 4.19. The Labute approximate surface area is 181 Å². The van der Waals surface area contributed by atoms with Gasteiger partial charge in [0.05, 0.1) is 12.2 Å². The standard InChI is InChI=1S/C25H36N4O/c1-19-8-10-23(11-9-19)18-29-22(4)24(21(3)27-29)12-13-25(30)26-14-6-16-28-15-5-7-20(2)17-28/h8-13,20H,5-7,14-18H2,1-4H3,(H,26,30)/b13-12+. The highest BCUT2D eigenvalue weighted by Gasteiger charge is 2.15. The van der Waals surface area contributed by atoms with Crippen LogP contribution >= 0.6 is 0 Å². The van der Waals surface area contributed by atoms with Crippen molar-refractivity contribution in [3.8, 4) is 0 Å². The summed E-state index contributed by atoms with van der Waals surface area (Å²) in [5.74, 6) is 0.766. The lowest BCUT2D eigenvalue weighted by atomic mass is 10.0. The molecular formula is C25H36N4O. The highest BCUT2D eigenvalue weighted by Crippen LogP contribution is 2.17. The van der Waals surface area contributed by atoms with Gasteiger partial charge in [-0.3, -0.25) is 9.48 Å². The van der Waals surface area contributed by atoms with Crippen molar-refractivity contribution in [3.63, 3.8) is 0 Å². The topological polar surface area (TPSA) is 50.2 Å². The Hall–Kier alpha value is -2.40. The predicted octanol–water partition coefficient (Wildman–Crippen LogP) is 4.11. The van der Waals surface area contributed by atoms with Crippen molar-refractivity contribution < 1.29 is 4.79 Å². The number of carbonyl (C=O) groups excluding carboxylic acids is 1. The zero-order chi connectivity index (χ0) is 21.5. The van der Waals surface area contributed by atoms with Crippen LogP contribution in [0.5, 0.6) is 0 Å². The number of nitrogens with zero attached hydrogens (tertiary/aromatic N) is 3. The van der Waals surface area contributed by atoms with E-state index in [1.807, 2.05) is 17.7 Å². The summed E-state index contributed by atoms with van der Waals surface area (Å²) in [6.45, 7) is 13.4. The van der Waals surface area contributed by atoms with Gasteiger partial charge in [0.2, 0.25) is 5.91 Å². The van der Waals surface area contributed by atoms with Crippen LogP contribution in [0.2, 0.25) is 0 Å². The number of benzene rings is 1. The van der Waals surface area contributed by atoms with E-state index in [1.165, 1.54) is 37.1 Å². The molecule has 5 heteroatoms. The van der Waals surface area contributed by atoms with Crippen LogP contribution in [0.25, 0.3) is 6.08 Å². The lowest BCUT2D eigenvalue weighted by Gasteiger charge is -2.30. The van der Waals surface area contributed by atoms with Crippen LogP contribution in [0.15, 0.2) is 30.3 Å². The highest BCUT2D eigenvalue weighted by atomic mass is 16.1. The van der Waals surface area contributed by atoms with Crippen molar-refractivity contribution in [2.24, 2.45) is 5.92 Å². The average molecular weight is 409 g/mol. The number of hydrogen-bond donors (Lipinski definition) is 1. The van der Waals surface area contributed by atoms with Gasteiger partial charge in [-0.1, -0.05) is 36.8 Å². The third kappa shape index (κ3) is 6.30. The van der Waals surface area contributed by atoms with Crippen LogP contribution in [0, 0.1) is 26.7 Å². The van der Waals surface area contributed by atoms with E-state index in [-0.39, 0.29) is 5.91 Å². The van der Waals surface area contributed by atoms with Gasteiger partial charge in [-0.15, -0.1) is 0 Å². The Kier molecular flexibility index (Phi) is 7.86. The van der Waals surface area contributed by atoms with E-state index < -0.39 is 0 Å². The summed E-state index contributed by atoms with van der Waals surface area (Å²) in [5, 5.41) is 7.68. The maximum absolute atomic E-state index is 12.2. The molecule has 0 saturated carbocycles. The third-order valence-corrected chi connectivity index (χ3v) is 5.98. The van der Waals surface area contributed by atoms with Crippen LogP contribution in [-0.2, 0) is 11.3 Å². The first-order valence-corrected chi connectivity index (χ1v) is 11.2. The molecule has 1 aromatic heterocycles. The first-order chi connectivity index (χ1) is 14.4. The quantitative estimate of drug-likeness (QED) is 0.528. The molecule has 5 nitrogen and oxygen atoms in total. The van der Waals surface area contributed by atoms with Gasteiger partial charge >= 0.3 is 0 Å². The van der Waals surface area contributed by atoms with Crippen LogP contribution in [0.4, 0.5) is 0 Å². The minimum absolute atomic E-state index is 0.0351. The normalized spacial score (nSPS) is 17.5. The molecule has 1 amide bonds. The Balaban J connectivity index is 1.48. The molecule has 1 aromatic carbocycles. The summed E-state index contributed by atoms with van der Waals surface area (Å²) >= 11 is 0. The van der Waals surface area contributed by atoms with Crippen LogP contribution in [0.3, 0.4) is 0 Å². The van der Waals surface area contributed by atoms with Crippen molar-refractivity contribution in [3.05, 3.63) is 58.4 Å². The molecule has 1 N–H and O–H groups in total. The predicted molar refractivity (Wildman–Crippen MR) is 123 cm³/mol. The SMILES string of the molecule is Cc1ccc(Cn2nc(C)c(/C=C/C(=O)NCCCN3CCCC(C)C3)c2C)cc1. The zero-order valence-electron chi connectivity index (χ0n) is 18.9. The number of aryl methyl sites for hydroxylation is 2. The fraction of sp³-hybridized carbons (Fsp3) is 0.520. The van der Waals surface area contributed by atoms with E-state index in [2.05, 4.69) is 60.4 Å². The monoisotopic (exact) mass is 408 g/mol. The Morgan fingerprint density at radius 1 is 1.23 bits per heavy atom. The molecule has 0 bridgehead atoms. The Morgan fingerprint density at radius 3 is 2.73 bits per heavy atom. The van der Waals surface area contributed by atoms with Crippen LogP contribution in [0.1, 0.15) is 54.3 Å². The van der Waals surface area contributed by atoms with Crippen LogP contribution in [-0.4, -0.2) is 46.8 Å². The number of amides is 1. The van der Waals surface area contributed by atoms with Crippen LogP contribution < -0.4 is 5.32 Å². The number of rotatable bonds is 8. The molecule has 162 valence electrons. The lowest BCUT2D eigenvalue weighted by molar-refractivity contribution is -0.116. The second-order valence-electron chi connectivity index (χ2n) is 8.75. The molecule has 0 spiro atoms. The molecule has 30 heavy (non-hydrogen) atoms. The van der Waals surface area contributed by atoms with E-state index in [4.69, 9.17) is 0 Å².